The highest BCUT2D eigenvalue weighted by molar-refractivity contribution is 5.83. The number of anilines is 1. The third-order valence-electron chi connectivity index (χ3n) is 2.67. The summed E-state index contributed by atoms with van der Waals surface area (Å²) in [5, 5.41) is 0. The first-order chi connectivity index (χ1) is 7.39. The summed E-state index contributed by atoms with van der Waals surface area (Å²) in [6, 6.07) is 3.71. The number of furan rings is 1. The van der Waals surface area contributed by atoms with Crippen molar-refractivity contribution < 1.29 is 13.9 Å². The van der Waals surface area contributed by atoms with Crippen molar-refractivity contribution in [3.63, 3.8) is 0 Å². The van der Waals surface area contributed by atoms with Gasteiger partial charge in [-0.15, -0.1) is 0 Å². The molecule has 0 radical (unpaired) electrons. The fraction of sp³-hybridized carbons (Fsp3) is 0.583. The molecule has 1 heterocycles. The maximum absolute atomic E-state index is 11.8. The van der Waals surface area contributed by atoms with Crippen molar-refractivity contribution in [2.24, 2.45) is 0 Å². The van der Waals surface area contributed by atoms with E-state index in [1.165, 1.54) is 0 Å². The number of aryl methyl sites for hydroxylation is 1. The van der Waals surface area contributed by atoms with Crippen LogP contribution in [0, 0.1) is 6.92 Å². The highest BCUT2D eigenvalue weighted by Crippen LogP contribution is 2.25. The van der Waals surface area contributed by atoms with Gasteiger partial charge in [0, 0.05) is 13.1 Å². The molecule has 1 aromatic rings. The molecule has 4 nitrogen and oxygen atoms in total. The van der Waals surface area contributed by atoms with E-state index in [-0.39, 0.29) is 5.97 Å². The molecule has 0 aliphatic heterocycles. The molecule has 0 N–H and O–H groups in total. The third kappa shape index (κ3) is 2.38. The summed E-state index contributed by atoms with van der Waals surface area (Å²) in [6.07, 6.45) is 0. The van der Waals surface area contributed by atoms with Gasteiger partial charge in [-0.25, -0.2) is 4.79 Å². The Labute approximate surface area is 96.2 Å². The van der Waals surface area contributed by atoms with E-state index < -0.39 is 5.54 Å². The lowest BCUT2D eigenvalue weighted by molar-refractivity contribution is -0.148. The van der Waals surface area contributed by atoms with Crippen molar-refractivity contribution in [1.82, 2.24) is 0 Å². The fourth-order valence-corrected chi connectivity index (χ4v) is 1.32. The normalized spacial score (nSPS) is 11.3. The molecule has 0 aliphatic carbocycles. The molecule has 0 saturated carbocycles. The standard InChI is InChI=1S/C12H19NO3/c1-6-15-11(14)12(3,4)13(5)10-8-7-9(2)16-10/h7-8H,6H2,1-5H3. The Hall–Kier alpha value is -1.45. The zero-order chi connectivity index (χ0) is 12.3. The molecule has 0 spiro atoms. The summed E-state index contributed by atoms with van der Waals surface area (Å²) < 4.78 is 10.5. The maximum Gasteiger partial charge on any atom is 0.331 e. The van der Waals surface area contributed by atoms with Gasteiger partial charge in [0.05, 0.1) is 6.61 Å². The summed E-state index contributed by atoms with van der Waals surface area (Å²) in [6.45, 7) is 7.67. The lowest BCUT2D eigenvalue weighted by Gasteiger charge is -2.32. The molecule has 0 aliphatic rings. The van der Waals surface area contributed by atoms with E-state index >= 15 is 0 Å². The monoisotopic (exact) mass is 225 g/mol. The van der Waals surface area contributed by atoms with Crippen molar-refractivity contribution in [3.05, 3.63) is 17.9 Å². The highest BCUT2D eigenvalue weighted by Gasteiger charge is 2.35. The number of likely N-dealkylation sites (N-methyl/N-ethyl adjacent to an activating group) is 1. The Morgan fingerprint density at radius 3 is 2.56 bits per heavy atom. The van der Waals surface area contributed by atoms with Crippen molar-refractivity contribution in [1.29, 1.82) is 0 Å². The van der Waals surface area contributed by atoms with Gasteiger partial charge >= 0.3 is 5.97 Å². The quantitative estimate of drug-likeness (QED) is 0.738. The van der Waals surface area contributed by atoms with Gasteiger partial charge in [0.25, 0.3) is 0 Å². The van der Waals surface area contributed by atoms with Crippen LogP contribution >= 0.6 is 0 Å². The minimum Gasteiger partial charge on any atom is -0.464 e. The van der Waals surface area contributed by atoms with E-state index in [0.717, 1.165) is 5.76 Å². The number of nitrogens with zero attached hydrogens (tertiary/aromatic N) is 1. The molecule has 16 heavy (non-hydrogen) atoms. The van der Waals surface area contributed by atoms with Crippen molar-refractivity contribution in [2.45, 2.75) is 33.2 Å². The number of carbonyl (C=O) groups excluding carboxylic acids is 1. The first-order valence-corrected chi connectivity index (χ1v) is 5.37. The van der Waals surface area contributed by atoms with Crippen LogP contribution in [0.25, 0.3) is 0 Å². The second kappa shape index (κ2) is 4.60. The zero-order valence-corrected chi connectivity index (χ0v) is 10.5. The molecule has 4 heteroatoms. The first kappa shape index (κ1) is 12.6. The fourth-order valence-electron chi connectivity index (χ4n) is 1.32. The molecule has 1 aromatic heterocycles. The van der Waals surface area contributed by atoms with Gasteiger partial charge in [-0.3, -0.25) is 0 Å². The summed E-state index contributed by atoms with van der Waals surface area (Å²) >= 11 is 0. The third-order valence-corrected chi connectivity index (χ3v) is 2.67. The predicted molar refractivity (Wildman–Crippen MR) is 62.6 cm³/mol. The first-order valence-electron chi connectivity index (χ1n) is 5.37. The van der Waals surface area contributed by atoms with Gasteiger partial charge < -0.3 is 14.1 Å². The van der Waals surface area contributed by atoms with E-state index in [2.05, 4.69) is 0 Å². The van der Waals surface area contributed by atoms with Crippen LogP contribution in [0.5, 0.6) is 0 Å². The molecular formula is C12H19NO3. The smallest absolute Gasteiger partial charge is 0.331 e. The number of carbonyl (C=O) groups is 1. The van der Waals surface area contributed by atoms with Crippen LogP contribution in [0.2, 0.25) is 0 Å². The number of hydrogen-bond donors (Lipinski definition) is 0. The molecular weight excluding hydrogens is 206 g/mol. The average molecular weight is 225 g/mol. The van der Waals surface area contributed by atoms with E-state index in [9.17, 15) is 4.79 Å². The Bertz CT molecular complexity index is 368. The number of ether oxygens (including phenoxy) is 1. The Balaban J connectivity index is 2.87. The molecule has 0 fully saturated rings. The van der Waals surface area contributed by atoms with Gasteiger partial charge in [-0.05, 0) is 33.8 Å². The molecule has 0 bridgehead atoms. The van der Waals surface area contributed by atoms with Gasteiger partial charge in [-0.1, -0.05) is 0 Å². The topological polar surface area (TPSA) is 42.7 Å². The van der Waals surface area contributed by atoms with Gasteiger partial charge in [0.2, 0.25) is 0 Å². The van der Waals surface area contributed by atoms with E-state index in [4.69, 9.17) is 9.15 Å². The summed E-state index contributed by atoms with van der Waals surface area (Å²) in [5.74, 6) is 1.23. The van der Waals surface area contributed by atoms with Crippen molar-refractivity contribution >= 4 is 11.9 Å². The molecule has 1 rings (SSSR count). The van der Waals surface area contributed by atoms with Crippen LogP contribution in [0.1, 0.15) is 26.5 Å². The van der Waals surface area contributed by atoms with Crippen molar-refractivity contribution in [2.75, 3.05) is 18.6 Å². The van der Waals surface area contributed by atoms with E-state index in [1.807, 2.05) is 40.0 Å². The largest absolute Gasteiger partial charge is 0.464 e. The van der Waals surface area contributed by atoms with Gasteiger partial charge in [0.15, 0.2) is 5.88 Å². The van der Waals surface area contributed by atoms with E-state index in [0.29, 0.717) is 12.5 Å². The number of rotatable bonds is 4. The molecule has 0 aromatic carbocycles. The molecule has 90 valence electrons. The summed E-state index contributed by atoms with van der Waals surface area (Å²) in [5.41, 5.74) is -0.736. The SMILES string of the molecule is CCOC(=O)C(C)(C)N(C)c1ccc(C)o1. The van der Waals surface area contributed by atoms with Crippen LogP contribution in [-0.4, -0.2) is 25.2 Å². The van der Waals surface area contributed by atoms with Crippen LogP contribution in [0.3, 0.4) is 0 Å². The predicted octanol–water partition coefficient (Wildman–Crippen LogP) is 2.37. The molecule has 0 saturated heterocycles. The minimum atomic E-state index is -0.736. The molecule has 0 atom stereocenters. The van der Waals surface area contributed by atoms with Crippen LogP contribution < -0.4 is 4.90 Å². The minimum absolute atomic E-state index is 0.258. The van der Waals surface area contributed by atoms with Crippen LogP contribution in [0.15, 0.2) is 16.5 Å². The zero-order valence-electron chi connectivity index (χ0n) is 10.5. The number of hydrogen-bond acceptors (Lipinski definition) is 4. The molecule has 0 amide bonds. The Morgan fingerprint density at radius 1 is 1.50 bits per heavy atom. The van der Waals surface area contributed by atoms with E-state index in [1.54, 1.807) is 11.8 Å². The van der Waals surface area contributed by atoms with Crippen LogP contribution in [-0.2, 0) is 9.53 Å². The lowest BCUT2D eigenvalue weighted by Crippen LogP contribution is -2.49. The second-order valence-corrected chi connectivity index (χ2v) is 4.22. The maximum atomic E-state index is 11.8. The van der Waals surface area contributed by atoms with Crippen molar-refractivity contribution in [3.8, 4) is 0 Å². The second-order valence-electron chi connectivity index (χ2n) is 4.22. The van der Waals surface area contributed by atoms with Gasteiger partial charge in [0.1, 0.15) is 11.3 Å². The summed E-state index contributed by atoms with van der Waals surface area (Å²) in [4.78, 5) is 13.6. The Kier molecular flexibility index (Phi) is 3.62. The van der Waals surface area contributed by atoms with Crippen LogP contribution in [0.4, 0.5) is 5.88 Å². The Morgan fingerprint density at radius 2 is 2.12 bits per heavy atom. The lowest BCUT2D eigenvalue weighted by atomic mass is 10.0. The average Bonchev–Trinajstić information content (AvgIpc) is 2.64. The van der Waals surface area contributed by atoms with Gasteiger partial charge in [-0.2, -0.15) is 0 Å². The highest BCUT2D eigenvalue weighted by atomic mass is 16.5. The summed E-state index contributed by atoms with van der Waals surface area (Å²) in [7, 11) is 1.81. The number of esters is 1. The molecule has 0 unspecified atom stereocenters.